The Kier molecular flexibility index (Phi) is 7.15. The molecule has 0 aliphatic rings. The summed E-state index contributed by atoms with van der Waals surface area (Å²) >= 11 is 11.7. The normalized spacial score (nSPS) is 10.9. The predicted molar refractivity (Wildman–Crippen MR) is 102 cm³/mol. The number of carbonyl (C=O) groups is 1. The lowest BCUT2D eigenvalue weighted by Gasteiger charge is -2.07. The van der Waals surface area contributed by atoms with Crippen LogP contribution in [0.15, 0.2) is 66.3 Å². The molecule has 26 heavy (non-hydrogen) atoms. The first-order valence-electron chi connectivity index (χ1n) is 7.24. The fourth-order valence-electron chi connectivity index (χ4n) is 2.02. The minimum Gasteiger partial charge on any atom is -0.312 e. The van der Waals surface area contributed by atoms with Crippen LogP contribution in [0.1, 0.15) is 15.9 Å². The van der Waals surface area contributed by atoms with Gasteiger partial charge in [0.05, 0.1) is 12.1 Å². The summed E-state index contributed by atoms with van der Waals surface area (Å²) in [6, 6.07) is 13.4. The number of benzene rings is 2. The first-order chi connectivity index (χ1) is 12.1. The second-order valence-corrected chi connectivity index (χ2v) is 5.90. The van der Waals surface area contributed by atoms with E-state index in [1.807, 2.05) is 0 Å². The molecule has 3 rings (SSSR count). The van der Waals surface area contributed by atoms with Crippen molar-refractivity contribution in [2.75, 3.05) is 0 Å². The van der Waals surface area contributed by atoms with Crippen molar-refractivity contribution in [2.45, 2.75) is 6.54 Å². The lowest BCUT2D eigenvalue weighted by Crippen LogP contribution is -2.14. The minimum atomic E-state index is -0.582. The summed E-state index contributed by atoms with van der Waals surface area (Å²) < 4.78 is 1.57. The van der Waals surface area contributed by atoms with Crippen molar-refractivity contribution in [3.8, 4) is 0 Å². The summed E-state index contributed by atoms with van der Waals surface area (Å²) in [4.78, 5) is 21.1. The summed E-state index contributed by atoms with van der Waals surface area (Å²) in [7, 11) is 0. The molecule has 0 bridgehead atoms. The maximum Gasteiger partial charge on any atom is 0.365 e. The van der Waals surface area contributed by atoms with Crippen molar-refractivity contribution in [3.63, 3.8) is 0 Å². The highest BCUT2D eigenvalue weighted by atomic mass is 35.5. The van der Waals surface area contributed by atoms with Gasteiger partial charge in [0.25, 0.3) is 0 Å². The fraction of sp³-hybridized carbons (Fsp3) is 0.0588. The highest BCUT2D eigenvalue weighted by molar-refractivity contribution is 6.31. The molecule has 6 nitrogen and oxygen atoms in total. The van der Waals surface area contributed by atoms with Crippen molar-refractivity contribution in [3.05, 3.63) is 82.4 Å². The molecule has 0 atom stereocenters. The molecule has 134 valence electrons. The fourth-order valence-corrected chi connectivity index (χ4v) is 2.27. The molecule has 0 aliphatic carbocycles. The van der Waals surface area contributed by atoms with Gasteiger partial charge in [-0.1, -0.05) is 40.5 Å². The van der Waals surface area contributed by atoms with Gasteiger partial charge in [-0.25, -0.2) is 14.5 Å². The molecule has 0 saturated carbocycles. The number of halogens is 3. The van der Waals surface area contributed by atoms with E-state index in [2.05, 4.69) is 15.2 Å². The molecule has 0 spiro atoms. The maximum absolute atomic E-state index is 12.1. The average Bonchev–Trinajstić information content (AvgIpc) is 3.13. The molecule has 0 aliphatic heterocycles. The second kappa shape index (κ2) is 9.33. The van der Waals surface area contributed by atoms with E-state index in [0.29, 0.717) is 21.3 Å². The minimum absolute atomic E-state index is 0. The van der Waals surface area contributed by atoms with Gasteiger partial charge in [-0.15, -0.1) is 12.4 Å². The molecular weight excluding hydrogens is 399 g/mol. The number of aromatic nitrogens is 3. The lowest BCUT2D eigenvalue weighted by molar-refractivity contribution is 0.0515. The predicted octanol–water partition coefficient (Wildman–Crippen LogP) is 4.27. The van der Waals surface area contributed by atoms with Gasteiger partial charge in [0, 0.05) is 15.6 Å². The van der Waals surface area contributed by atoms with E-state index in [9.17, 15) is 4.79 Å². The molecular formula is C17H13Cl3N4O2. The zero-order valence-electron chi connectivity index (χ0n) is 13.3. The van der Waals surface area contributed by atoms with Crippen molar-refractivity contribution in [1.82, 2.24) is 14.8 Å². The SMILES string of the molecule is Cl.O=C(ON=C(Cn1cncn1)c1ccc(Cl)cc1)c1ccc(Cl)cc1. The Labute approximate surface area is 165 Å². The Bertz CT molecular complexity index is 879. The molecule has 0 amide bonds. The average molecular weight is 412 g/mol. The summed E-state index contributed by atoms with van der Waals surface area (Å²) in [5.74, 6) is -0.582. The van der Waals surface area contributed by atoms with E-state index < -0.39 is 5.97 Å². The van der Waals surface area contributed by atoms with Gasteiger partial charge < -0.3 is 4.84 Å². The number of carbonyl (C=O) groups excluding carboxylic acids is 1. The molecule has 0 radical (unpaired) electrons. The Morgan fingerprint density at radius 3 is 2.12 bits per heavy atom. The third-order valence-electron chi connectivity index (χ3n) is 3.27. The highest BCUT2D eigenvalue weighted by Crippen LogP contribution is 2.13. The lowest BCUT2D eigenvalue weighted by atomic mass is 10.1. The number of hydrogen-bond donors (Lipinski definition) is 0. The number of oxime groups is 1. The van der Waals surface area contributed by atoms with Crippen LogP contribution in [0.2, 0.25) is 10.0 Å². The van der Waals surface area contributed by atoms with E-state index in [1.165, 1.54) is 6.33 Å². The van der Waals surface area contributed by atoms with Gasteiger partial charge in [0.1, 0.15) is 18.4 Å². The quantitative estimate of drug-likeness (QED) is 0.357. The molecule has 0 unspecified atom stereocenters. The van der Waals surface area contributed by atoms with Crippen LogP contribution in [-0.2, 0) is 11.4 Å². The molecule has 0 N–H and O–H groups in total. The van der Waals surface area contributed by atoms with Crippen LogP contribution in [0.4, 0.5) is 0 Å². The van der Waals surface area contributed by atoms with Gasteiger partial charge in [-0.2, -0.15) is 5.10 Å². The Morgan fingerprint density at radius 2 is 1.58 bits per heavy atom. The van der Waals surface area contributed by atoms with Crippen LogP contribution in [0.3, 0.4) is 0 Å². The van der Waals surface area contributed by atoms with Crippen molar-refractivity contribution in [2.24, 2.45) is 5.16 Å². The van der Waals surface area contributed by atoms with Crippen molar-refractivity contribution in [1.29, 1.82) is 0 Å². The topological polar surface area (TPSA) is 69.4 Å². The van der Waals surface area contributed by atoms with Crippen molar-refractivity contribution >= 4 is 47.3 Å². The van der Waals surface area contributed by atoms with Crippen LogP contribution < -0.4 is 0 Å². The molecule has 0 saturated heterocycles. The van der Waals surface area contributed by atoms with Gasteiger partial charge >= 0.3 is 5.97 Å². The Hall–Kier alpha value is -2.41. The smallest absolute Gasteiger partial charge is 0.312 e. The summed E-state index contributed by atoms with van der Waals surface area (Å²) in [6.07, 6.45) is 2.96. The van der Waals surface area contributed by atoms with E-state index >= 15 is 0 Å². The van der Waals surface area contributed by atoms with Crippen LogP contribution >= 0.6 is 35.6 Å². The maximum atomic E-state index is 12.1. The third kappa shape index (κ3) is 5.29. The summed E-state index contributed by atoms with van der Waals surface area (Å²) in [6.45, 7) is 0.287. The van der Waals surface area contributed by atoms with Crippen molar-refractivity contribution < 1.29 is 9.63 Å². The van der Waals surface area contributed by atoms with Gasteiger partial charge in [0.15, 0.2) is 0 Å². The number of hydrogen-bond acceptors (Lipinski definition) is 5. The monoisotopic (exact) mass is 410 g/mol. The molecule has 9 heteroatoms. The summed E-state index contributed by atoms with van der Waals surface area (Å²) in [5, 5.41) is 9.17. The third-order valence-corrected chi connectivity index (χ3v) is 3.78. The van der Waals surface area contributed by atoms with Gasteiger partial charge in [0.2, 0.25) is 0 Å². The zero-order chi connectivity index (χ0) is 17.6. The highest BCUT2D eigenvalue weighted by Gasteiger charge is 2.11. The number of rotatable bonds is 5. The van der Waals surface area contributed by atoms with E-state index in [0.717, 1.165) is 5.56 Å². The second-order valence-electron chi connectivity index (χ2n) is 5.02. The van der Waals surface area contributed by atoms with E-state index in [1.54, 1.807) is 59.5 Å². The van der Waals surface area contributed by atoms with Crippen LogP contribution in [0.25, 0.3) is 0 Å². The van der Waals surface area contributed by atoms with Crippen LogP contribution in [-0.4, -0.2) is 26.4 Å². The van der Waals surface area contributed by atoms with E-state index in [-0.39, 0.29) is 19.0 Å². The Morgan fingerprint density at radius 1 is 1.00 bits per heavy atom. The van der Waals surface area contributed by atoms with Crippen LogP contribution in [0, 0.1) is 0 Å². The molecule has 2 aromatic carbocycles. The molecule has 1 aromatic heterocycles. The molecule has 3 aromatic rings. The number of nitrogens with zero attached hydrogens (tertiary/aromatic N) is 4. The first kappa shape index (κ1) is 19.9. The zero-order valence-corrected chi connectivity index (χ0v) is 15.6. The van der Waals surface area contributed by atoms with Gasteiger partial charge in [-0.05, 0) is 36.4 Å². The largest absolute Gasteiger partial charge is 0.365 e. The van der Waals surface area contributed by atoms with E-state index in [4.69, 9.17) is 28.0 Å². The molecule has 0 fully saturated rings. The standard InChI is InChI=1S/C17H12Cl2N4O2.ClH/c18-14-5-1-12(2-6-14)16(9-23-11-20-10-21-23)22-25-17(24)13-3-7-15(19)8-4-13;/h1-8,10-11H,9H2;1H. The first-order valence-corrected chi connectivity index (χ1v) is 7.99. The summed E-state index contributed by atoms with van der Waals surface area (Å²) in [5.41, 5.74) is 1.61. The van der Waals surface area contributed by atoms with Crippen LogP contribution in [0.5, 0.6) is 0 Å². The molecule has 1 heterocycles. The van der Waals surface area contributed by atoms with Gasteiger partial charge in [-0.3, -0.25) is 0 Å². The Balaban J connectivity index is 0.00000243.